The van der Waals surface area contributed by atoms with Gasteiger partial charge in [-0.1, -0.05) is 48.0 Å². The lowest BCUT2D eigenvalue weighted by Crippen LogP contribution is -2.37. The predicted octanol–water partition coefficient (Wildman–Crippen LogP) is 5.37. The third-order valence-corrected chi connectivity index (χ3v) is 6.91. The molecule has 0 amide bonds. The number of nitrogens with one attached hydrogen (secondary N) is 2. The molecule has 1 fully saturated rings. The predicted molar refractivity (Wildman–Crippen MR) is 136 cm³/mol. The Balaban J connectivity index is 1.45. The van der Waals surface area contributed by atoms with Gasteiger partial charge in [-0.2, -0.15) is 4.72 Å². The number of allylic oxidation sites excluding steroid dienone is 1. The Morgan fingerprint density at radius 2 is 1.77 bits per heavy atom. The van der Waals surface area contributed by atoms with E-state index in [9.17, 15) is 13.2 Å². The summed E-state index contributed by atoms with van der Waals surface area (Å²) in [6.45, 7) is 3.56. The van der Waals surface area contributed by atoms with Crippen molar-refractivity contribution in [1.82, 2.24) is 4.72 Å². The second-order valence-electron chi connectivity index (χ2n) is 8.39. The highest BCUT2D eigenvalue weighted by atomic mass is 35.5. The molecule has 3 aromatic carbocycles. The SMILES string of the molecule is CC1(C)OCC(NS(=O)(=O)c2ccc(/C=C/C(=O)c3ccc(Cl)cc3Nc3ccccc3)cc2)O1. The molecule has 0 bridgehead atoms. The fourth-order valence-electron chi connectivity index (χ4n) is 3.52. The summed E-state index contributed by atoms with van der Waals surface area (Å²) < 4.78 is 38.7. The van der Waals surface area contributed by atoms with Gasteiger partial charge < -0.3 is 14.8 Å². The number of rotatable bonds is 8. The van der Waals surface area contributed by atoms with Crippen LogP contribution in [0, 0.1) is 0 Å². The van der Waals surface area contributed by atoms with Crippen LogP contribution in [0.1, 0.15) is 29.8 Å². The van der Waals surface area contributed by atoms with Crippen LogP contribution in [-0.2, 0) is 19.5 Å². The summed E-state index contributed by atoms with van der Waals surface area (Å²) in [5.41, 5.74) is 2.55. The number of hydrogen-bond donors (Lipinski definition) is 2. The zero-order valence-corrected chi connectivity index (χ0v) is 20.8. The number of ether oxygens (including phenoxy) is 2. The van der Waals surface area contributed by atoms with Crippen LogP contribution < -0.4 is 10.0 Å². The molecule has 1 saturated heterocycles. The Morgan fingerprint density at radius 3 is 2.43 bits per heavy atom. The van der Waals surface area contributed by atoms with Crippen molar-refractivity contribution in [3.63, 3.8) is 0 Å². The minimum Gasteiger partial charge on any atom is -0.355 e. The Morgan fingerprint density at radius 1 is 1.06 bits per heavy atom. The van der Waals surface area contributed by atoms with Gasteiger partial charge in [0.1, 0.15) is 6.23 Å². The molecule has 182 valence electrons. The van der Waals surface area contributed by atoms with Gasteiger partial charge in [0.2, 0.25) is 10.0 Å². The van der Waals surface area contributed by atoms with Gasteiger partial charge in [-0.25, -0.2) is 8.42 Å². The summed E-state index contributed by atoms with van der Waals surface area (Å²) in [5.74, 6) is -1.06. The standard InChI is InChI=1S/C26H25ClN2O5S/c1-26(2)33-17-25(34-26)29-35(31,32)21-12-8-18(9-13-21)10-15-24(30)22-14-11-19(27)16-23(22)28-20-6-4-3-5-7-20/h3-16,25,28-29H,17H2,1-2H3/b15-10+. The van der Waals surface area contributed by atoms with Crippen molar-refractivity contribution in [3.05, 3.63) is 95.0 Å². The van der Waals surface area contributed by atoms with Crippen molar-refractivity contribution in [1.29, 1.82) is 0 Å². The quantitative estimate of drug-likeness (QED) is 0.311. The molecule has 1 heterocycles. The Labute approximate surface area is 209 Å². The minimum absolute atomic E-state index is 0.0846. The van der Waals surface area contributed by atoms with Crippen LogP contribution in [0.4, 0.5) is 11.4 Å². The van der Waals surface area contributed by atoms with Crippen LogP contribution in [0.3, 0.4) is 0 Å². The zero-order valence-electron chi connectivity index (χ0n) is 19.2. The zero-order chi connectivity index (χ0) is 25.1. The smallest absolute Gasteiger partial charge is 0.242 e. The van der Waals surface area contributed by atoms with Gasteiger partial charge in [-0.3, -0.25) is 4.79 Å². The van der Waals surface area contributed by atoms with E-state index in [0.29, 0.717) is 21.8 Å². The second kappa shape index (κ2) is 10.3. The molecule has 1 atom stereocenters. The number of carbonyl (C=O) groups excluding carboxylic acids is 1. The molecule has 0 spiro atoms. The third-order valence-electron chi connectivity index (χ3n) is 5.21. The molecule has 9 heteroatoms. The fourth-order valence-corrected chi connectivity index (χ4v) is 4.78. The van der Waals surface area contributed by atoms with Crippen LogP contribution in [0.15, 0.2) is 83.8 Å². The van der Waals surface area contributed by atoms with Crippen LogP contribution in [0.5, 0.6) is 0 Å². The van der Waals surface area contributed by atoms with Crippen molar-refractivity contribution in [2.75, 3.05) is 11.9 Å². The molecule has 3 aromatic rings. The number of ketones is 1. The fraction of sp³-hybridized carbons (Fsp3) is 0.192. The molecule has 1 aliphatic heterocycles. The maximum absolute atomic E-state index is 12.9. The van der Waals surface area contributed by atoms with Crippen molar-refractivity contribution >= 4 is 44.9 Å². The maximum atomic E-state index is 12.9. The molecule has 4 rings (SSSR count). The molecule has 35 heavy (non-hydrogen) atoms. The van der Waals surface area contributed by atoms with Crippen LogP contribution >= 0.6 is 11.6 Å². The molecule has 2 N–H and O–H groups in total. The first-order valence-electron chi connectivity index (χ1n) is 10.9. The first kappa shape index (κ1) is 25.1. The topological polar surface area (TPSA) is 93.7 Å². The number of halogens is 1. The molecular weight excluding hydrogens is 488 g/mol. The third kappa shape index (κ3) is 6.56. The van der Waals surface area contributed by atoms with E-state index in [4.69, 9.17) is 21.1 Å². The lowest BCUT2D eigenvalue weighted by molar-refractivity contribution is -0.139. The highest BCUT2D eigenvalue weighted by Crippen LogP contribution is 2.26. The van der Waals surface area contributed by atoms with E-state index in [0.717, 1.165) is 5.69 Å². The molecular formula is C26H25ClN2O5S. The monoisotopic (exact) mass is 512 g/mol. The summed E-state index contributed by atoms with van der Waals surface area (Å²) in [7, 11) is -3.79. The molecule has 0 radical (unpaired) electrons. The summed E-state index contributed by atoms with van der Waals surface area (Å²) in [4.78, 5) is 13.0. The second-order valence-corrected chi connectivity index (χ2v) is 10.5. The van der Waals surface area contributed by atoms with Gasteiger partial charge in [-0.05, 0) is 68.0 Å². The van der Waals surface area contributed by atoms with E-state index < -0.39 is 22.0 Å². The average Bonchev–Trinajstić information content (AvgIpc) is 3.16. The van der Waals surface area contributed by atoms with Gasteiger partial charge in [0, 0.05) is 16.3 Å². The normalized spacial score (nSPS) is 17.5. The van der Waals surface area contributed by atoms with E-state index in [1.807, 2.05) is 30.3 Å². The van der Waals surface area contributed by atoms with Gasteiger partial charge in [0.05, 0.1) is 17.2 Å². The molecule has 1 unspecified atom stereocenters. The summed E-state index contributed by atoms with van der Waals surface area (Å²) in [6.07, 6.45) is 2.31. The van der Waals surface area contributed by atoms with Crippen LogP contribution in [-0.4, -0.2) is 32.8 Å². The van der Waals surface area contributed by atoms with Gasteiger partial charge in [0.25, 0.3) is 0 Å². The molecule has 1 aliphatic rings. The van der Waals surface area contributed by atoms with E-state index >= 15 is 0 Å². The van der Waals surface area contributed by atoms with Crippen molar-refractivity contribution < 1.29 is 22.7 Å². The van der Waals surface area contributed by atoms with Gasteiger partial charge in [-0.15, -0.1) is 0 Å². The summed E-state index contributed by atoms with van der Waals surface area (Å²) >= 11 is 6.14. The number of para-hydroxylation sites is 1. The molecule has 0 saturated carbocycles. The van der Waals surface area contributed by atoms with Crippen molar-refractivity contribution in [3.8, 4) is 0 Å². The number of anilines is 2. The van der Waals surface area contributed by atoms with Gasteiger partial charge >= 0.3 is 0 Å². The highest BCUT2D eigenvalue weighted by molar-refractivity contribution is 7.89. The lowest BCUT2D eigenvalue weighted by atomic mass is 10.1. The van der Waals surface area contributed by atoms with Crippen LogP contribution in [0.2, 0.25) is 5.02 Å². The van der Waals surface area contributed by atoms with E-state index in [-0.39, 0.29) is 17.3 Å². The average molecular weight is 513 g/mol. The van der Waals surface area contributed by atoms with E-state index in [1.165, 1.54) is 18.2 Å². The Kier molecular flexibility index (Phi) is 7.39. The van der Waals surface area contributed by atoms with Crippen LogP contribution in [0.25, 0.3) is 6.08 Å². The number of hydrogen-bond acceptors (Lipinski definition) is 6. The summed E-state index contributed by atoms with van der Waals surface area (Å²) in [6, 6.07) is 20.7. The first-order chi connectivity index (χ1) is 16.6. The van der Waals surface area contributed by atoms with E-state index in [1.54, 1.807) is 50.3 Å². The maximum Gasteiger partial charge on any atom is 0.242 e. The van der Waals surface area contributed by atoms with E-state index in [2.05, 4.69) is 10.0 Å². The largest absolute Gasteiger partial charge is 0.355 e. The first-order valence-corrected chi connectivity index (χ1v) is 12.8. The molecule has 0 aromatic heterocycles. The van der Waals surface area contributed by atoms with Crippen molar-refractivity contribution in [2.45, 2.75) is 30.8 Å². The molecule has 7 nitrogen and oxygen atoms in total. The number of sulfonamides is 1. The summed E-state index contributed by atoms with van der Waals surface area (Å²) in [5, 5.41) is 3.73. The molecule has 0 aliphatic carbocycles. The Hall–Kier alpha value is -3.01. The Bertz CT molecular complexity index is 1340. The highest BCUT2D eigenvalue weighted by Gasteiger charge is 2.35. The number of carbonyl (C=O) groups is 1. The minimum atomic E-state index is -3.79. The lowest BCUT2D eigenvalue weighted by Gasteiger charge is -2.17. The van der Waals surface area contributed by atoms with Crippen molar-refractivity contribution in [2.24, 2.45) is 0 Å². The van der Waals surface area contributed by atoms with Gasteiger partial charge in [0.15, 0.2) is 11.6 Å². The number of benzene rings is 3.